The molecule has 2 aliphatic heterocycles. The number of carbonyl (C=O) groups is 1. The number of ether oxygens (including phenoxy) is 1. The van der Waals surface area contributed by atoms with Gasteiger partial charge >= 0.3 is 6.09 Å². The molecule has 0 spiro atoms. The zero-order valence-corrected chi connectivity index (χ0v) is 14.7. The van der Waals surface area contributed by atoms with Crippen molar-refractivity contribution in [3.63, 3.8) is 0 Å². The number of aryl methyl sites for hydroxylation is 2. The van der Waals surface area contributed by atoms with Crippen LogP contribution in [-0.4, -0.2) is 32.9 Å². The fourth-order valence-electron chi connectivity index (χ4n) is 4.02. The molecule has 0 aliphatic carbocycles. The molecule has 0 saturated carbocycles. The maximum absolute atomic E-state index is 12.6. The monoisotopic (exact) mass is 337 g/mol. The van der Waals surface area contributed by atoms with E-state index in [-0.39, 0.29) is 18.2 Å². The number of benzene rings is 1. The molecule has 1 aromatic carbocycles. The Labute approximate surface area is 147 Å². The van der Waals surface area contributed by atoms with Crippen molar-refractivity contribution in [1.29, 1.82) is 0 Å². The van der Waals surface area contributed by atoms with E-state index in [9.17, 15) is 4.79 Å². The van der Waals surface area contributed by atoms with Crippen molar-refractivity contribution in [2.75, 3.05) is 0 Å². The Balaban J connectivity index is 1.48. The zero-order valence-electron chi connectivity index (χ0n) is 14.7. The highest BCUT2D eigenvalue weighted by atomic mass is 16.6. The van der Waals surface area contributed by atoms with E-state index in [0.717, 1.165) is 30.5 Å². The van der Waals surface area contributed by atoms with Gasteiger partial charge in [-0.15, -0.1) is 0 Å². The number of amides is 1. The Morgan fingerprint density at radius 3 is 2.76 bits per heavy atom. The van der Waals surface area contributed by atoms with Crippen molar-refractivity contribution < 1.29 is 9.53 Å². The summed E-state index contributed by atoms with van der Waals surface area (Å²) in [7, 11) is 1.95. The number of aromatic nitrogens is 2. The topological polar surface area (TPSA) is 47.4 Å². The highest BCUT2D eigenvalue weighted by Gasteiger charge is 2.41. The Morgan fingerprint density at radius 2 is 2.08 bits per heavy atom. The Hall–Kier alpha value is -2.56. The highest BCUT2D eigenvalue weighted by molar-refractivity contribution is 5.75. The van der Waals surface area contributed by atoms with E-state index in [1.54, 1.807) is 0 Å². The van der Waals surface area contributed by atoms with E-state index in [2.05, 4.69) is 17.4 Å². The number of nitrogens with zero attached hydrogens (tertiary/aromatic N) is 3. The van der Waals surface area contributed by atoms with Gasteiger partial charge in [0.15, 0.2) is 0 Å². The van der Waals surface area contributed by atoms with Crippen LogP contribution in [0.15, 0.2) is 42.6 Å². The molecule has 1 saturated heterocycles. The third-order valence-electron chi connectivity index (χ3n) is 5.17. The van der Waals surface area contributed by atoms with E-state index in [1.807, 2.05) is 53.9 Å². The summed E-state index contributed by atoms with van der Waals surface area (Å²) in [4.78, 5) is 14.5. The number of hydrogen-bond acceptors (Lipinski definition) is 3. The molecule has 2 bridgehead atoms. The molecule has 4 rings (SSSR count). The van der Waals surface area contributed by atoms with Gasteiger partial charge in [0.25, 0.3) is 0 Å². The molecular weight excluding hydrogens is 314 g/mol. The second kappa shape index (κ2) is 6.39. The van der Waals surface area contributed by atoms with E-state index >= 15 is 0 Å². The number of carbonyl (C=O) groups excluding carboxylic acids is 1. The Kier molecular flexibility index (Phi) is 4.07. The summed E-state index contributed by atoms with van der Waals surface area (Å²) in [6, 6.07) is 10.2. The first-order chi connectivity index (χ1) is 12.1. The second-order valence-corrected chi connectivity index (χ2v) is 6.94. The standard InChI is InChI=1S/C20H23N3O2/c1-14-19(12-22(2)21-14)16-10-17-8-9-18(11-16)23(17)20(24)25-13-15-6-4-3-5-7-15/h3-7,10,12,17-18H,8-9,11,13H2,1-2H3. The third-order valence-corrected chi connectivity index (χ3v) is 5.17. The average Bonchev–Trinajstić information content (AvgIpc) is 3.09. The SMILES string of the molecule is Cc1nn(C)cc1C1=CC2CCC(C1)N2C(=O)OCc1ccccc1. The van der Waals surface area contributed by atoms with E-state index in [0.29, 0.717) is 6.61 Å². The molecule has 0 N–H and O–H groups in total. The minimum atomic E-state index is -0.199. The van der Waals surface area contributed by atoms with Gasteiger partial charge in [0.1, 0.15) is 6.61 Å². The van der Waals surface area contributed by atoms with E-state index in [1.165, 1.54) is 11.1 Å². The first-order valence-electron chi connectivity index (χ1n) is 8.82. The Morgan fingerprint density at radius 1 is 1.28 bits per heavy atom. The molecule has 25 heavy (non-hydrogen) atoms. The summed E-state index contributed by atoms with van der Waals surface area (Å²) < 4.78 is 7.41. The summed E-state index contributed by atoms with van der Waals surface area (Å²) in [5.74, 6) is 0. The van der Waals surface area contributed by atoms with Crippen LogP contribution >= 0.6 is 0 Å². The molecule has 1 fully saturated rings. The van der Waals surface area contributed by atoms with Crippen LogP contribution in [0.1, 0.15) is 36.1 Å². The zero-order chi connectivity index (χ0) is 17.4. The van der Waals surface area contributed by atoms with Crippen LogP contribution in [0.5, 0.6) is 0 Å². The van der Waals surface area contributed by atoms with Gasteiger partial charge in [-0.2, -0.15) is 5.10 Å². The highest BCUT2D eigenvalue weighted by Crippen LogP contribution is 2.39. The van der Waals surface area contributed by atoms with Crippen LogP contribution in [0.3, 0.4) is 0 Å². The fraction of sp³-hybridized carbons (Fsp3) is 0.400. The lowest BCUT2D eigenvalue weighted by Crippen LogP contribution is -2.43. The van der Waals surface area contributed by atoms with Gasteiger partial charge < -0.3 is 4.74 Å². The van der Waals surface area contributed by atoms with Crippen LogP contribution in [0.25, 0.3) is 5.57 Å². The van der Waals surface area contributed by atoms with Crippen molar-refractivity contribution in [3.8, 4) is 0 Å². The lowest BCUT2D eigenvalue weighted by Gasteiger charge is -2.33. The maximum atomic E-state index is 12.6. The third kappa shape index (κ3) is 3.06. The summed E-state index contributed by atoms with van der Waals surface area (Å²) in [5, 5.41) is 4.44. The molecule has 2 unspecified atom stereocenters. The molecule has 0 radical (unpaired) electrons. The van der Waals surface area contributed by atoms with Crippen molar-refractivity contribution in [1.82, 2.24) is 14.7 Å². The maximum Gasteiger partial charge on any atom is 0.410 e. The van der Waals surface area contributed by atoms with Crippen molar-refractivity contribution in [2.24, 2.45) is 7.05 Å². The lowest BCUT2D eigenvalue weighted by molar-refractivity contribution is 0.0832. The molecule has 2 atom stereocenters. The van der Waals surface area contributed by atoms with Crippen LogP contribution in [-0.2, 0) is 18.4 Å². The number of fused-ring (bicyclic) bond motifs is 2. The summed E-state index contributed by atoms with van der Waals surface area (Å²) in [6.07, 6.45) is 7.03. The molecule has 3 heterocycles. The van der Waals surface area contributed by atoms with E-state index in [4.69, 9.17) is 4.74 Å². The normalized spacial score (nSPS) is 22.0. The largest absolute Gasteiger partial charge is 0.445 e. The van der Waals surface area contributed by atoms with Crippen LogP contribution in [0.4, 0.5) is 4.79 Å². The molecule has 5 nitrogen and oxygen atoms in total. The molecule has 130 valence electrons. The van der Waals surface area contributed by atoms with Crippen molar-refractivity contribution in [2.45, 2.75) is 44.9 Å². The molecule has 1 amide bonds. The minimum Gasteiger partial charge on any atom is -0.445 e. The second-order valence-electron chi connectivity index (χ2n) is 6.94. The van der Waals surface area contributed by atoms with E-state index < -0.39 is 0 Å². The fourth-order valence-corrected chi connectivity index (χ4v) is 4.02. The smallest absolute Gasteiger partial charge is 0.410 e. The molecule has 2 aromatic rings. The van der Waals surface area contributed by atoms with Crippen molar-refractivity contribution in [3.05, 3.63) is 59.4 Å². The predicted octanol–water partition coefficient (Wildman–Crippen LogP) is 3.69. The van der Waals surface area contributed by atoms with Gasteiger partial charge in [0, 0.05) is 24.8 Å². The van der Waals surface area contributed by atoms with Gasteiger partial charge in [-0.3, -0.25) is 9.58 Å². The summed E-state index contributed by atoms with van der Waals surface area (Å²) in [5.41, 5.74) is 4.58. The lowest BCUT2D eigenvalue weighted by atomic mass is 9.95. The van der Waals surface area contributed by atoms with Crippen LogP contribution in [0.2, 0.25) is 0 Å². The summed E-state index contributed by atoms with van der Waals surface area (Å²) >= 11 is 0. The Bertz CT molecular complexity index is 810. The van der Waals surface area contributed by atoms with Crippen LogP contribution < -0.4 is 0 Å². The molecule has 1 aromatic heterocycles. The first-order valence-corrected chi connectivity index (χ1v) is 8.82. The minimum absolute atomic E-state index is 0.136. The average molecular weight is 337 g/mol. The molecule has 5 heteroatoms. The predicted molar refractivity (Wildman–Crippen MR) is 95.8 cm³/mol. The van der Waals surface area contributed by atoms with Gasteiger partial charge in [-0.25, -0.2) is 4.79 Å². The van der Waals surface area contributed by atoms with Gasteiger partial charge in [0.05, 0.1) is 11.7 Å². The number of rotatable bonds is 3. The summed E-state index contributed by atoms with van der Waals surface area (Å²) in [6.45, 7) is 2.37. The van der Waals surface area contributed by atoms with Crippen molar-refractivity contribution >= 4 is 11.7 Å². The molecular formula is C20H23N3O2. The quantitative estimate of drug-likeness (QED) is 0.858. The van der Waals surface area contributed by atoms with Gasteiger partial charge in [-0.05, 0) is 37.3 Å². The molecule has 2 aliphatic rings. The number of hydrogen-bond donors (Lipinski definition) is 0. The van der Waals surface area contributed by atoms with Crippen LogP contribution in [0, 0.1) is 6.92 Å². The van der Waals surface area contributed by atoms with Gasteiger partial charge in [-0.1, -0.05) is 36.4 Å². The van der Waals surface area contributed by atoms with Gasteiger partial charge in [0.2, 0.25) is 0 Å². The first kappa shape index (κ1) is 15.9.